The molecule has 1 heterocycles. The fourth-order valence-electron chi connectivity index (χ4n) is 2.43. The molecule has 2 aromatic carbocycles. The van der Waals surface area contributed by atoms with Crippen LogP contribution in [-0.4, -0.2) is 20.7 Å². The predicted octanol–water partition coefficient (Wildman–Crippen LogP) is 4.50. The molecule has 0 unspecified atom stereocenters. The lowest BCUT2D eigenvalue weighted by atomic mass is 10.2. The Morgan fingerprint density at radius 2 is 1.93 bits per heavy atom. The number of anilines is 2. The molecule has 3 aromatic rings. The van der Waals surface area contributed by atoms with E-state index in [1.807, 2.05) is 0 Å². The van der Waals surface area contributed by atoms with Crippen molar-refractivity contribution in [2.24, 2.45) is 5.73 Å². The molecule has 0 saturated carbocycles. The van der Waals surface area contributed by atoms with Crippen LogP contribution in [0.5, 0.6) is 0 Å². The van der Waals surface area contributed by atoms with Gasteiger partial charge in [0.25, 0.3) is 0 Å². The molecule has 0 radical (unpaired) electrons. The highest BCUT2D eigenvalue weighted by molar-refractivity contribution is 6.36. The maximum absolute atomic E-state index is 12.9. The van der Waals surface area contributed by atoms with Gasteiger partial charge in [0, 0.05) is 16.3 Å². The topological polar surface area (TPSA) is 85.8 Å². The Labute approximate surface area is 167 Å². The van der Waals surface area contributed by atoms with Crippen molar-refractivity contribution in [1.29, 1.82) is 0 Å². The van der Waals surface area contributed by atoms with Crippen molar-refractivity contribution in [3.05, 3.63) is 58.1 Å². The first-order chi connectivity index (χ1) is 13.1. The first-order valence-electron chi connectivity index (χ1n) is 7.76. The van der Waals surface area contributed by atoms with E-state index in [2.05, 4.69) is 15.4 Å². The van der Waals surface area contributed by atoms with Crippen LogP contribution >= 0.6 is 23.2 Å². The van der Waals surface area contributed by atoms with Crippen molar-refractivity contribution in [3.8, 4) is 11.4 Å². The zero-order valence-corrected chi connectivity index (χ0v) is 15.5. The van der Waals surface area contributed by atoms with Gasteiger partial charge in [0.1, 0.15) is 6.54 Å². The summed E-state index contributed by atoms with van der Waals surface area (Å²) in [6.07, 6.45) is -4.49. The van der Waals surface area contributed by atoms with E-state index in [9.17, 15) is 18.0 Å². The van der Waals surface area contributed by atoms with Gasteiger partial charge in [-0.05, 0) is 36.4 Å². The molecule has 0 saturated heterocycles. The Bertz CT molecular complexity index is 1040. The van der Waals surface area contributed by atoms with Gasteiger partial charge < -0.3 is 11.1 Å². The van der Waals surface area contributed by atoms with Crippen molar-refractivity contribution in [1.82, 2.24) is 14.8 Å². The molecule has 3 N–H and O–H groups in total. The molecule has 1 amide bonds. The van der Waals surface area contributed by atoms with Crippen molar-refractivity contribution >= 4 is 40.7 Å². The number of rotatable bonds is 5. The number of hydrogen-bond donors (Lipinski definition) is 2. The number of nitrogens with two attached hydrogens (primary N) is 1. The Balaban J connectivity index is 1.99. The van der Waals surface area contributed by atoms with E-state index in [-0.39, 0.29) is 29.0 Å². The van der Waals surface area contributed by atoms with Crippen LogP contribution < -0.4 is 11.1 Å². The number of carbonyl (C=O) groups excluding carboxylic acids is 1. The van der Waals surface area contributed by atoms with Crippen LogP contribution in [0.2, 0.25) is 10.0 Å². The summed E-state index contributed by atoms with van der Waals surface area (Å²) in [6, 6.07) is 9.20. The summed E-state index contributed by atoms with van der Waals surface area (Å²) < 4.78 is 39.8. The van der Waals surface area contributed by atoms with Crippen LogP contribution in [0.3, 0.4) is 0 Å². The van der Waals surface area contributed by atoms with Crippen molar-refractivity contribution in [3.63, 3.8) is 0 Å². The highest BCUT2D eigenvalue weighted by Gasteiger charge is 2.30. The zero-order chi connectivity index (χ0) is 20.5. The number of amides is 1. The van der Waals surface area contributed by atoms with Crippen molar-refractivity contribution < 1.29 is 18.0 Å². The predicted molar refractivity (Wildman–Crippen MR) is 99.4 cm³/mol. The average Bonchev–Trinajstić information content (AvgIpc) is 2.95. The molecule has 1 aromatic heterocycles. The van der Waals surface area contributed by atoms with Gasteiger partial charge >= 0.3 is 6.18 Å². The van der Waals surface area contributed by atoms with E-state index in [1.54, 1.807) is 12.1 Å². The monoisotopic (exact) mass is 429 g/mol. The number of primary amides is 1. The number of halogens is 5. The largest absolute Gasteiger partial charge is 0.416 e. The molecule has 146 valence electrons. The molecule has 11 heteroatoms. The van der Waals surface area contributed by atoms with Crippen molar-refractivity contribution in [2.45, 2.75) is 12.7 Å². The highest BCUT2D eigenvalue weighted by atomic mass is 35.5. The molecule has 0 aliphatic rings. The zero-order valence-electron chi connectivity index (χ0n) is 14.0. The van der Waals surface area contributed by atoms with Crippen LogP contribution in [0.4, 0.5) is 24.8 Å². The van der Waals surface area contributed by atoms with Gasteiger partial charge in [0.05, 0.1) is 10.6 Å². The third-order valence-electron chi connectivity index (χ3n) is 3.60. The highest BCUT2D eigenvalue weighted by Crippen LogP contribution is 2.32. The molecule has 0 atom stereocenters. The van der Waals surface area contributed by atoms with Gasteiger partial charge in [-0.3, -0.25) is 4.79 Å². The first kappa shape index (κ1) is 20.0. The minimum Gasteiger partial charge on any atom is -0.368 e. The second-order valence-corrected chi connectivity index (χ2v) is 6.55. The number of carbonyl (C=O) groups is 1. The van der Waals surface area contributed by atoms with Gasteiger partial charge in [-0.1, -0.05) is 29.3 Å². The number of alkyl halides is 3. The van der Waals surface area contributed by atoms with Crippen LogP contribution in [0.15, 0.2) is 42.5 Å². The van der Waals surface area contributed by atoms with E-state index in [0.29, 0.717) is 10.6 Å². The third kappa shape index (κ3) is 4.55. The molecule has 0 aliphatic carbocycles. The van der Waals surface area contributed by atoms with Crippen LogP contribution in [0, 0.1) is 0 Å². The smallest absolute Gasteiger partial charge is 0.368 e. The molecule has 6 nitrogen and oxygen atoms in total. The van der Waals surface area contributed by atoms with Crippen molar-refractivity contribution in [2.75, 3.05) is 5.32 Å². The van der Waals surface area contributed by atoms with Gasteiger partial charge in [0.15, 0.2) is 5.82 Å². The molecular weight excluding hydrogens is 418 g/mol. The Morgan fingerprint density at radius 3 is 2.57 bits per heavy atom. The lowest BCUT2D eigenvalue weighted by molar-refractivity contribution is -0.137. The summed E-state index contributed by atoms with van der Waals surface area (Å²) in [4.78, 5) is 15.6. The fourth-order valence-corrected chi connectivity index (χ4v) is 2.92. The third-order valence-corrected chi connectivity index (χ3v) is 4.14. The number of nitrogens with one attached hydrogen (secondary N) is 1. The minimum absolute atomic E-state index is 0.0263. The molecule has 0 spiro atoms. The average molecular weight is 430 g/mol. The summed E-state index contributed by atoms with van der Waals surface area (Å²) in [7, 11) is 0. The Kier molecular flexibility index (Phi) is 5.48. The van der Waals surface area contributed by atoms with Crippen LogP contribution in [-0.2, 0) is 17.5 Å². The summed E-state index contributed by atoms with van der Waals surface area (Å²) >= 11 is 12.1. The van der Waals surface area contributed by atoms with E-state index in [4.69, 9.17) is 28.9 Å². The lowest BCUT2D eigenvalue weighted by Gasteiger charge is -2.08. The summed E-state index contributed by atoms with van der Waals surface area (Å²) in [5.74, 6) is -0.501. The molecule has 0 bridgehead atoms. The van der Waals surface area contributed by atoms with E-state index >= 15 is 0 Å². The van der Waals surface area contributed by atoms with Crippen LogP contribution in [0.25, 0.3) is 11.4 Å². The molecular formula is C17H12Cl2F3N5O. The quantitative estimate of drug-likeness (QED) is 0.624. The molecule has 28 heavy (non-hydrogen) atoms. The summed E-state index contributed by atoms with van der Waals surface area (Å²) in [5.41, 5.74) is 4.96. The normalized spacial score (nSPS) is 11.5. The lowest BCUT2D eigenvalue weighted by Crippen LogP contribution is -2.20. The van der Waals surface area contributed by atoms with Gasteiger partial charge in [-0.25, -0.2) is 4.68 Å². The maximum atomic E-state index is 12.9. The van der Waals surface area contributed by atoms with Gasteiger partial charge in [0.2, 0.25) is 11.9 Å². The second kappa shape index (κ2) is 7.69. The number of aromatic nitrogens is 3. The number of hydrogen-bond acceptors (Lipinski definition) is 4. The maximum Gasteiger partial charge on any atom is 0.416 e. The summed E-state index contributed by atoms with van der Waals surface area (Å²) in [5, 5.41) is 7.45. The van der Waals surface area contributed by atoms with E-state index in [1.165, 1.54) is 22.9 Å². The SMILES string of the molecule is NC(=O)Cn1nc(Nc2cccc(C(F)(F)F)c2)nc1-c1ccc(Cl)cc1Cl. The standard InChI is InChI=1S/C17H12Cl2F3N5O/c18-10-4-5-12(13(19)7-10)15-25-16(26-27(15)8-14(23)28)24-11-3-1-2-9(6-11)17(20,21)22/h1-7H,8H2,(H2,23,28)(H,24,26). The van der Waals surface area contributed by atoms with Gasteiger partial charge in [-0.15, -0.1) is 5.10 Å². The first-order valence-corrected chi connectivity index (χ1v) is 8.52. The van der Waals surface area contributed by atoms with E-state index in [0.717, 1.165) is 12.1 Å². The second-order valence-electron chi connectivity index (χ2n) is 5.71. The number of nitrogens with zero attached hydrogens (tertiary/aromatic N) is 3. The fraction of sp³-hybridized carbons (Fsp3) is 0.118. The Hall–Kier alpha value is -2.78. The number of benzene rings is 2. The minimum atomic E-state index is -4.49. The summed E-state index contributed by atoms with van der Waals surface area (Å²) in [6.45, 7) is -0.300. The van der Waals surface area contributed by atoms with Gasteiger partial charge in [-0.2, -0.15) is 18.2 Å². The van der Waals surface area contributed by atoms with E-state index < -0.39 is 17.6 Å². The molecule has 0 aliphatic heterocycles. The van der Waals surface area contributed by atoms with Crippen LogP contribution in [0.1, 0.15) is 5.56 Å². The Morgan fingerprint density at radius 1 is 1.18 bits per heavy atom. The molecule has 3 rings (SSSR count). The molecule has 0 fully saturated rings.